The highest BCUT2D eigenvalue weighted by molar-refractivity contribution is 7.21. The predicted molar refractivity (Wildman–Crippen MR) is 103 cm³/mol. The number of carbonyl (C=O) groups excluding carboxylic acids is 2. The lowest BCUT2D eigenvalue weighted by atomic mass is 10.2. The first-order valence-corrected chi connectivity index (χ1v) is 9.12. The highest BCUT2D eigenvalue weighted by atomic mass is 35.5. The average Bonchev–Trinajstić information content (AvgIpc) is 2.98. The van der Waals surface area contributed by atoms with Gasteiger partial charge in [-0.05, 0) is 49.4 Å². The summed E-state index contributed by atoms with van der Waals surface area (Å²) < 4.78 is 24.1. The molecule has 140 valence electrons. The van der Waals surface area contributed by atoms with Crippen LogP contribution in [0.15, 0.2) is 42.5 Å². The fourth-order valence-corrected chi connectivity index (χ4v) is 3.77. The molecule has 27 heavy (non-hydrogen) atoms. The molecule has 0 aliphatic heterocycles. The van der Waals surface area contributed by atoms with E-state index >= 15 is 0 Å². The van der Waals surface area contributed by atoms with E-state index in [9.17, 15) is 14.0 Å². The van der Waals surface area contributed by atoms with E-state index in [1.807, 2.05) is 0 Å². The average molecular weight is 408 g/mol. The lowest BCUT2D eigenvalue weighted by Crippen LogP contribution is -2.29. The van der Waals surface area contributed by atoms with Gasteiger partial charge in [-0.15, -0.1) is 11.3 Å². The van der Waals surface area contributed by atoms with Gasteiger partial charge in [0.2, 0.25) is 0 Å². The summed E-state index contributed by atoms with van der Waals surface area (Å²) in [5.41, 5.74) is 0.541. The normalized spacial score (nSPS) is 11.9. The van der Waals surface area contributed by atoms with Crippen LogP contribution < -0.4 is 10.1 Å². The van der Waals surface area contributed by atoms with Gasteiger partial charge in [-0.1, -0.05) is 11.6 Å². The fraction of sp³-hybridized carbons (Fsp3) is 0.158. The molecule has 8 heteroatoms. The predicted octanol–water partition coefficient (Wildman–Crippen LogP) is 4.89. The van der Waals surface area contributed by atoms with E-state index in [0.717, 1.165) is 11.3 Å². The largest absolute Gasteiger partial charge is 0.497 e. The summed E-state index contributed by atoms with van der Waals surface area (Å²) in [6, 6.07) is 10.8. The number of thiophene rings is 1. The van der Waals surface area contributed by atoms with Crippen molar-refractivity contribution in [1.82, 2.24) is 0 Å². The van der Waals surface area contributed by atoms with Crippen LogP contribution in [0.25, 0.3) is 10.1 Å². The Morgan fingerprint density at radius 2 is 1.89 bits per heavy atom. The summed E-state index contributed by atoms with van der Waals surface area (Å²) in [6.45, 7) is 1.46. The third-order valence-electron chi connectivity index (χ3n) is 3.79. The topological polar surface area (TPSA) is 64.6 Å². The standard InChI is InChI=1S/C19H15ClFNO4S/c1-10(18(23)22-12-4-6-13(25-2)7-5-12)26-19(24)17-16(20)14-8-3-11(21)9-15(14)27-17/h3-10H,1-2H3,(H,22,23). The van der Waals surface area contributed by atoms with Crippen molar-refractivity contribution < 1.29 is 23.5 Å². The summed E-state index contributed by atoms with van der Waals surface area (Å²) in [6.07, 6.45) is -1.04. The summed E-state index contributed by atoms with van der Waals surface area (Å²) in [5, 5.41) is 3.39. The van der Waals surface area contributed by atoms with Gasteiger partial charge >= 0.3 is 5.97 Å². The van der Waals surface area contributed by atoms with Crippen molar-refractivity contribution in [2.45, 2.75) is 13.0 Å². The van der Waals surface area contributed by atoms with Crippen LogP contribution in [0.5, 0.6) is 5.75 Å². The minimum atomic E-state index is -1.04. The van der Waals surface area contributed by atoms with Crippen LogP contribution in [-0.4, -0.2) is 25.1 Å². The van der Waals surface area contributed by atoms with Crippen molar-refractivity contribution in [3.05, 3.63) is 58.2 Å². The van der Waals surface area contributed by atoms with Crippen LogP contribution >= 0.6 is 22.9 Å². The SMILES string of the molecule is COc1ccc(NC(=O)C(C)OC(=O)c2sc3cc(F)ccc3c2Cl)cc1. The van der Waals surface area contributed by atoms with Crippen LogP contribution in [0.4, 0.5) is 10.1 Å². The van der Waals surface area contributed by atoms with Gasteiger partial charge in [0.15, 0.2) is 6.10 Å². The van der Waals surface area contributed by atoms with E-state index in [1.54, 1.807) is 31.4 Å². The third kappa shape index (κ3) is 4.20. The second-order valence-corrected chi connectivity index (χ2v) is 7.08. The Kier molecular flexibility index (Phi) is 5.62. The maximum atomic E-state index is 13.3. The molecule has 5 nitrogen and oxygen atoms in total. The molecule has 0 radical (unpaired) electrons. The minimum absolute atomic E-state index is 0.126. The summed E-state index contributed by atoms with van der Waals surface area (Å²) in [7, 11) is 1.54. The van der Waals surface area contributed by atoms with Gasteiger partial charge in [-0.3, -0.25) is 4.79 Å². The van der Waals surface area contributed by atoms with Crippen LogP contribution in [0.1, 0.15) is 16.6 Å². The Hall–Kier alpha value is -2.64. The molecule has 1 amide bonds. The molecule has 0 aliphatic rings. The van der Waals surface area contributed by atoms with E-state index in [2.05, 4.69) is 5.32 Å². The summed E-state index contributed by atoms with van der Waals surface area (Å²) in [4.78, 5) is 24.7. The number of fused-ring (bicyclic) bond motifs is 1. The Morgan fingerprint density at radius 1 is 1.19 bits per heavy atom. The van der Waals surface area contributed by atoms with Gasteiger partial charge in [0.1, 0.15) is 16.4 Å². The molecule has 1 atom stereocenters. The first-order chi connectivity index (χ1) is 12.9. The van der Waals surface area contributed by atoms with Crippen molar-refractivity contribution in [3.8, 4) is 5.75 Å². The van der Waals surface area contributed by atoms with Gasteiger partial charge in [0, 0.05) is 15.8 Å². The molecule has 1 unspecified atom stereocenters. The number of methoxy groups -OCH3 is 1. The third-order valence-corrected chi connectivity index (χ3v) is 5.42. The molecule has 2 aromatic carbocycles. The zero-order valence-electron chi connectivity index (χ0n) is 14.4. The second-order valence-electron chi connectivity index (χ2n) is 5.65. The number of hydrogen-bond donors (Lipinski definition) is 1. The molecule has 3 aromatic rings. The molecule has 0 saturated heterocycles. The Morgan fingerprint density at radius 3 is 2.56 bits per heavy atom. The molecule has 0 saturated carbocycles. The lowest BCUT2D eigenvalue weighted by molar-refractivity contribution is -0.123. The van der Waals surface area contributed by atoms with Gasteiger partial charge < -0.3 is 14.8 Å². The number of ether oxygens (including phenoxy) is 2. The number of halogens is 2. The van der Waals surface area contributed by atoms with Crippen molar-refractivity contribution in [2.75, 3.05) is 12.4 Å². The number of hydrogen-bond acceptors (Lipinski definition) is 5. The highest BCUT2D eigenvalue weighted by Crippen LogP contribution is 2.36. The van der Waals surface area contributed by atoms with Crippen molar-refractivity contribution in [1.29, 1.82) is 0 Å². The maximum absolute atomic E-state index is 13.3. The van der Waals surface area contributed by atoms with E-state index in [0.29, 0.717) is 21.5 Å². The van der Waals surface area contributed by atoms with Crippen LogP contribution in [0.3, 0.4) is 0 Å². The number of amides is 1. The van der Waals surface area contributed by atoms with Crippen molar-refractivity contribution in [2.24, 2.45) is 0 Å². The first kappa shape index (κ1) is 19.1. The van der Waals surface area contributed by atoms with E-state index in [4.69, 9.17) is 21.1 Å². The number of benzene rings is 2. The molecule has 1 N–H and O–H groups in total. The quantitative estimate of drug-likeness (QED) is 0.612. The smallest absolute Gasteiger partial charge is 0.350 e. The summed E-state index contributed by atoms with van der Waals surface area (Å²) in [5.74, 6) is -0.994. The highest BCUT2D eigenvalue weighted by Gasteiger charge is 2.24. The number of anilines is 1. The molecular formula is C19H15ClFNO4S. The maximum Gasteiger partial charge on any atom is 0.350 e. The lowest BCUT2D eigenvalue weighted by Gasteiger charge is -2.13. The molecule has 0 bridgehead atoms. The first-order valence-electron chi connectivity index (χ1n) is 7.92. The molecule has 1 heterocycles. The Balaban J connectivity index is 1.69. The zero-order valence-corrected chi connectivity index (χ0v) is 16.0. The fourth-order valence-electron chi connectivity index (χ4n) is 2.36. The minimum Gasteiger partial charge on any atom is -0.497 e. The Labute approximate surface area is 163 Å². The molecule has 3 rings (SSSR count). The van der Waals surface area contributed by atoms with Crippen molar-refractivity contribution in [3.63, 3.8) is 0 Å². The number of rotatable bonds is 5. The second kappa shape index (κ2) is 7.94. The molecular weight excluding hydrogens is 393 g/mol. The number of esters is 1. The van der Waals surface area contributed by atoms with E-state index in [1.165, 1.54) is 25.1 Å². The molecule has 0 fully saturated rings. The van der Waals surface area contributed by atoms with Crippen LogP contribution in [0, 0.1) is 5.82 Å². The van der Waals surface area contributed by atoms with E-state index < -0.39 is 23.8 Å². The number of carbonyl (C=O) groups is 2. The van der Waals surface area contributed by atoms with Gasteiger partial charge in [0.25, 0.3) is 5.91 Å². The van der Waals surface area contributed by atoms with Crippen LogP contribution in [0.2, 0.25) is 5.02 Å². The zero-order chi connectivity index (χ0) is 19.6. The van der Waals surface area contributed by atoms with Gasteiger partial charge in [-0.2, -0.15) is 0 Å². The monoisotopic (exact) mass is 407 g/mol. The summed E-state index contributed by atoms with van der Waals surface area (Å²) >= 11 is 7.22. The molecule has 0 aliphatic carbocycles. The van der Waals surface area contributed by atoms with Gasteiger partial charge in [0.05, 0.1) is 12.1 Å². The van der Waals surface area contributed by atoms with Gasteiger partial charge in [-0.25, -0.2) is 9.18 Å². The Bertz CT molecular complexity index is 1000. The number of nitrogens with one attached hydrogen (secondary N) is 1. The molecule has 0 spiro atoms. The van der Waals surface area contributed by atoms with Crippen LogP contribution in [-0.2, 0) is 9.53 Å². The van der Waals surface area contributed by atoms with E-state index in [-0.39, 0.29) is 9.90 Å². The molecule has 1 aromatic heterocycles. The van der Waals surface area contributed by atoms with Crippen molar-refractivity contribution >= 4 is 50.6 Å².